The van der Waals surface area contributed by atoms with E-state index in [2.05, 4.69) is 37.8 Å². The van der Waals surface area contributed by atoms with Crippen LogP contribution in [0, 0.1) is 17.3 Å². The number of likely N-dealkylation sites (tertiary alicyclic amines) is 1. The first kappa shape index (κ1) is 19.9. The topological polar surface area (TPSA) is 43.8 Å². The number of aliphatic hydroxyl groups excluding tert-OH is 1. The van der Waals surface area contributed by atoms with E-state index in [4.69, 9.17) is 0 Å². The fourth-order valence-corrected chi connectivity index (χ4v) is 4.94. The molecular formula is C24H36N2O2. The minimum atomic E-state index is -0.453. The summed E-state index contributed by atoms with van der Waals surface area (Å²) >= 11 is 0. The Kier molecular flexibility index (Phi) is 5.54. The van der Waals surface area contributed by atoms with Gasteiger partial charge in [-0.2, -0.15) is 0 Å². The molecule has 154 valence electrons. The lowest BCUT2D eigenvalue weighted by atomic mass is 9.75. The molecule has 1 aliphatic carbocycles. The number of hydrogen-bond acceptors (Lipinski definition) is 3. The molecule has 2 fully saturated rings. The van der Waals surface area contributed by atoms with E-state index in [1.165, 1.54) is 18.4 Å². The van der Waals surface area contributed by atoms with Crippen LogP contribution < -0.4 is 4.90 Å². The molecule has 1 N–H and O–H groups in total. The van der Waals surface area contributed by atoms with E-state index < -0.39 is 6.10 Å². The highest BCUT2D eigenvalue weighted by Crippen LogP contribution is 2.37. The highest BCUT2D eigenvalue weighted by atomic mass is 16.3. The summed E-state index contributed by atoms with van der Waals surface area (Å²) in [5, 5.41) is 10.9. The number of fused-ring (bicyclic) bond motifs is 1. The van der Waals surface area contributed by atoms with Gasteiger partial charge in [-0.25, -0.2) is 0 Å². The Morgan fingerprint density at radius 2 is 1.86 bits per heavy atom. The summed E-state index contributed by atoms with van der Waals surface area (Å²) in [5.41, 5.74) is 3.68. The lowest BCUT2D eigenvalue weighted by molar-refractivity contribution is -0.119. The van der Waals surface area contributed by atoms with Crippen LogP contribution in [0.5, 0.6) is 0 Å². The van der Waals surface area contributed by atoms with Crippen LogP contribution in [0.15, 0.2) is 18.2 Å². The Morgan fingerprint density at radius 1 is 1.14 bits per heavy atom. The van der Waals surface area contributed by atoms with Gasteiger partial charge in [0.1, 0.15) is 0 Å². The molecule has 1 atom stereocenters. The SMILES string of the molecule is CC(C)(C)C1CCN(C[C@@H](O)c2ccc3c(c2)CCCN3C(=O)C2CC2)CC1. The molecule has 0 bridgehead atoms. The van der Waals surface area contributed by atoms with Crippen LogP contribution in [0.25, 0.3) is 0 Å². The van der Waals surface area contributed by atoms with Gasteiger partial charge in [-0.15, -0.1) is 0 Å². The molecule has 4 nitrogen and oxygen atoms in total. The maximum atomic E-state index is 12.6. The van der Waals surface area contributed by atoms with Crippen molar-refractivity contribution in [3.05, 3.63) is 29.3 Å². The second-order valence-electron chi connectivity index (χ2n) is 10.2. The minimum absolute atomic E-state index is 0.257. The lowest BCUT2D eigenvalue weighted by Crippen LogP contribution is -2.40. The summed E-state index contributed by atoms with van der Waals surface area (Å²) in [5.74, 6) is 1.34. The highest BCUT2D eigenvalue weighted by molar-refractivity contribution is 5.97. The maximum Gasteiger partial charge on any atom is 0.230 e. The first-order valence-corrected chi connectivity index (χ1v) is 11.2. The van der Waals surface area contributed by atoms with Crippen LogP contribution in [0.4, 0.5) is 5.69 Å². The third-order valence-corrected chi connectivity index (χ3v) is 7.04. The number of hydrogen-bond donors (Lipinski definition) is 1. The molecule has 0 aromatic heterocycles. The van der Waals surface area contributed by atoms with Crippen LogP contribution in [-0.4, -0.2) is 42.1 Å². The third-order valence-electron chi connectivity index (χ3n) is 7.04. The van der Waals surface area contributed by atoms with Crippen molar-refractivity contribution >= 4 is 11.6 Å². The van der Waals surface area contributed by atoms with Gasteiger partial charge >= 0.3 is 0 Å². The van der Waals surface area contributed by atoms with Crippen molar-refractivity contribution in [2.75, 3.05) is 31.1 Å². The largest absolute Gasteiger partial charge is 0.387 e. The molecule has 0 spiro atoms. The number of β-amino-alcohol motifs (C(OH)–C–C–N with tert-alkyl or cyclic N) is 1. The molecule has 1 amide bonds. The highest BCUT2D eigenvalue weighted by Gasteiger charge is 2.36. The number of rotatable bonds is 4. The average Bonchev–Trinajstić information content (AvgIpc) is 3.51. The molecule has 0 unspecified atom stereocenters. The van der Waals surface area contributed by atoms with Crippen molar-refractivity contribution < 1.29 is 9.90 Å². The zero-order chi connectivity index (χ0) is 19.9. The number of aliphatic hydroxyl groups is 1. The Bertz CT molecular complexity index is 712. The standard InChI is InChI=1S/C24H36N2O2/c1-24(2,3)20-10-13-25(14-11-20)16-22(27)19-8-9-21-18(15-19)5-4-12-26(21)23(28)17-6-7-17/h8-9,15,17,20,22,27H,4-7,10-14,16H2,1-3H3/t22-/m1/s1. The molecule has 4 heteroatoms. The van der Waals surface area contributed by atoms with Crippen LogP contribution in [0.1, 0.15) is 70.1 Å². The molecule has 0 radical (unpaired) electrons. The van der Waals surface area contributed by atoms with E-state index >= 15 is 0 Å². The molecule has 1 saturated carbocycles. The van der Waals surface area contributed by atoms with Gasteiger partial charge in [0, 0.05) is 24.7 Å². The number of piperidine rings is 1. The molecule has 28 heavy (non-hydrogen) atoms. The number of anilines is 1. The maximum absolute atomic E-state index is 12.6. The third kappa shape index (κ3) is 4.28. The van der Waals surface area contributed by atoms with Crippen LogP contribution >= 0.6 is 0 Å². The molecule has 4 rings (SSSR count). The van der Waals surface area contributed by atoms with E-state index in [9.17, 15) is 9.90 Å². The van der Waals surface area contributed by atoms with Crippen molar-refractivity contribution in [2.45, 2.75) is 65.4 Å². The van der Waals surface area contributed by atoms with Gasteiger partial charge in [0.2, 0.25) is 5.91 Å². The summed E-state index contributed by atoms with van der Waals surface area (Å²) in [6.45, 7) is 10.7. The number of nitrogens with zero attached hydrogens (tertiary/aromatic N) is 2. The van der Waals surface area contributed by atoms with Gasteiger partial charge in [-0.3, -0.25) is 4.79 Å². The quantitative estimate of drug-likeness (QED) is 0.847. The smallest absolute Gasteiger partial charge is 0.230 e. The molecular weight excluding hydrogens is 348 g/mol. The van der Waals surface area contributed by atoms with Gasteiger partial charge in [-0.05, 0) is 80.1 Å². The van der Waals surface area contributed by atoms with E-state index in [1.807, 2.05) is 11.0 Å². The van der Waals surface area contributed by atoms with E-state index in [0.29, 0.717) is 17.9 Å². The van der Waals surface area contributed by atoms with Crippen molar-refractivity contribution in [3.8, 4) is 0 Å². The van der Waals surface area contributed by atoms with Crippen molar-refractivity contribution in [1.82, 2.24) is 4.90 Å². The monoisotopic (exact) mass is 384 g/mol. The molecule has 1 aromatic carbocycles. The second-order valence-corrected chi connectivity index (χ2v) is 10.2. The predicted octanol–water partition coefficient (Wildman–Crippen LogP) is 4.17. The average molecular weight is 385 g/mol. The first-order valence-electron chi connectivity index (χ1n) is 11.2. The number of carbonyl (C=O) groups excluding carboxylic acids is 1. The van der Waals surface area contributed by atoms with Crippen LogP contribution in [0.2, 0.25) is 0 Å². The molecule has 1 aromatic rings. The molecule has 3 aliphatic rings. The van der Waals surface area contributed by atoms with E-state index in [0.717, 1.165) is 62.5 Å². The van der Waals surface area contributed by atoms with Gasteiger partial charge in [0.15, 0.2) is 0 Å². The molecule has 2 heterocycles. The van der Waals surface area contributed by atoms with Crippen molar-refractivity contribution in [1.29, 1.82) is 0 Å². The summed E-state index contributed by atoms with van der Waals surface area (Å²) in [6.07, 6.45) is 6.11. The summed E-state index contributed by atoms with van der Waals surface area (Å²) < 4.78 is 0. The van der Waals surface area contributed by atoms with E-state index in [1.54, 1.807) is 0 Å². The van der Waals surface area contributed by atoms with Crippen molar-refractivity contribution in [2.24, 2.45) is 17.3 Å². The number of carbonyl (C=O) groups is 1. The predicted molar refractivity (Wildman–Crippen MR) is 113 cm³/mol. The zero-order valence-electron chi connectivity index (χ0n) is 17.8. The van der Waals surface area contributed by atoms with Gasteiger partial charge in [-0.1, -0.05) is 32.9 Å². The number of benzene rings is 1. The number of amides is 1. The van der Waals surface area contributed by atoms with Crippen LogP contribution in [-0.2, 0) is 11.2 Å². The molecule has 1 saturated heterocycles. The number of aryl methyl sites for hydroxylation is 1. The molecule has 2 aliphatic heterocycles. The van der Waals surface area contributed by atoms with Crippen molar-refractivity contribution in [3.63, 3.8) is 0 Å². The summed E-state index contributed by atoms with van der Waals surface area (Å²) in [4.78, 5) is 17.0. The van der Waals surface area contributed by atoms with E-state index in [-0.39, 0.29) is 5.92 Å². The Labute approximate surface area is 169 Å². The fourth-order valence-electron chi connectivity index (χ4n) is 4.94. The Balaban J connectivity index is 1.39. The second kappa shape index (κ2) is 7.79. The zero-order valence-corrected chi connectivity index (χ0v) is 17.8. The Morgan fingerprint density at radius 3 is 2.50 bits per heavy atom. The Hall–Kier alpha value is -1.39. The lowest BCUT2D eigenvalue weighted by Gasteiger charge is -2.39. The van der Waals surface area contributed by atoms with Crippen LogP contribution in [0.3, 0.4) is 0 Å². The summed E-state index contributed by atoms with van der Waals surface area (Å²) in [6, 6.07) is 6.25. The fraction of sp³-hybridized carbons (Fsp3) is 0.708. The minimum Gasteiger partial charge on any atom is -0.387 e. The van der Waals surface area contributed by atoms with Gasteiger partial charge < -0.3 is 14.9 Å². The summed E-state index contributed by atoms with van der Waals surface area (Å²) in [7, 11) is 0. The van der Waals surface area contributed by atoms with Gasteiger partial charge in [0.25, 0.3) is 0 Å². The first-order chi connectivity index (χ1) is 13.3. The normalized spacial score (nSPS) is 22.8. The van der Waals surface area contributed by atoms with Gasteiger partial charge in [0.05, 0.1) is 6.10 Å².